The number of H-pyrrole nitrogens is 1. The van der Waals surface area contributed by atoms with Gasteiger partial charge in [-0.25, -0.2) is 4.21 Å². The van der Waals surface area contributed by atoms with Gasteiger partial charge in [-0.15, -0.1) is 0 Å². The minimum absolute atomic E-state index is 0.0190. The summed E-state index contributed by atoms with van der Waals surface area (Å²) in [5.74, 6) is 0. The molecule has 13 heavy (non-hydrogen) atoms. The highest BCUT2D eigenvalue weighted by atomic mass is 32.2. The maximum atomic E-state index is 10.2. The van der Waals surface area contributed by atoms with E-state index in [2.05, 4.69) is 14.2 Å². The van der Waals surface area contributed by atoms with Crippen molar-refractivity contribution in [2.75, 3.05) is 0 Å². The van der Waals surface area contributed by atoms with E-state index in [1.165, 1.54) is 0 Å². The molecule has 1 heterocycles. The lowest BCUT2D eigenvalue weighted by molar-refractivity contribution is 0.427. The molecule has 1 atom stereocenters. The molecule has 5 nitrogen and oxygen atoms in total. The molecule has 0 aliphatic carbocycles. The topological polar surface area (TPSA) is 78.0 Å². The van der Waals surface area contributed by atoms with Gasteiger partial charge in [-0.1, -0.05) is 12.1 Å². The summed E-state index contributed by atoms with van der Waals surface area (Å²) >= 11 is -2.59. The van der Waals surface area contributed by atoms with Crippen LogP contribution in [0.1, 0.15) is 0 Å². The van der Waals surface area contributed by atoms with Gasteiger partial charge in [0.25, 0.3) is 0 Å². The number of hydrogen-bond donors (Lipinski definition) is 1. The van der Waals surface area contributed by atoms with E-state index >= 15 is 0 Å². The number of aromatic amines is 1. The first-order chi connectivity index (χ1) is 6.25. The second-order valence-electron chi connectivity index (χ2n) is 2.35. The maximum absolute atomic E-state index is 10.2. The van der Waals surface area contributed by atoms with Gasteiger partial charge in [0.2, 0.25) is 0 Å². The van der Waals surface area contributed by atoms with E-state index in [0.29, 0.717) is 5.52 Å². The molecule has 0 aliphatic rings. The molecule has 1 unspecified atom stereocenters. The first-order valence-electron chi connectivity index (χ1n) is 3.48. The van der Waals surface area contributed by atoms with Crippen LogP contribution < -0.4 is 4.18 Å². The van der Waals surface area contributed by atoms with Gasteiger partial charge in [0, 0.05) is 0 Å². The fourth-order valence-electron chi connectivity index (χ4n) is 1.03. The van der Waals surface area contributed by atoms with Gasteiger partial charge in [0.15, 0.2) is 0 Å². The van der Waals surface area contributed by atoms with Crippen molar-refractivity contribution in [2.45, 2.75) is 0 Å². The molecule has 68 valence electrons. The lowest BCUT2D eigenvalue weighted by Crippen LogP contribution is -1.98. The normalized spacial score (nSPS) is 13.0. The summed E-state index contributed by atoms with van der Waals surface area (Å²) in [5.41, 5.74) is 1.41. The molecule has 6 heteroatoms. The molecule has 1 aromatic carbocycles. The summed E-state index contributed by atoms with van der Waals surface area (Å²) in [7, 11) is 0. The Bertz CT molecular complexity index is 421. The summed E-state index contributed by atoms with van der Waals surface area (Å²) in [4.78, 5) is 6.58. The molecule has 0 spiro atoms. The van der Waals surface area contributed by atoms with Gasteiger partial charge in [-0.2, -0.15) is 4.98 Å². The van der Waals surface area contributed by atoms with Gasteiger partial charge < -0.3 is 13.7 Å². The zero-order chi connectivity index (χ0) is 9.26. The van der Waals surface area contributed by atoms with Crippen molar-refractivity contribution in [1.29, 1.82) is 0 Å². The largest absolute Gasteiger partial charge is 0.740 e. The number of para-hydroxylation sites is 2. The standard InChI is InChI=1S/C7H6N2O3S/c10-13(11)12-7-8-5-3-1-2-4-6(5)9-7/h1-4H,(H,8,9)(H,10,11)/p-1. The number of imidazole rings is 1. The molecule has 0 amide bonds. The number of aromatic nitrogens is 2. The van der Waals surface area contributed by atoms with Crippen molar-refractivity contribution in [3.05, 3.63) is 24.3 Å². The highest BCUT2D eigenvalue weighted by Gasteiger charge is 2.01. The maximum Gasteiger partial charge on any atom is 0.308 e. The van der Waals surface area contributed by atoms with Crippen LogP contribution in [-0.2, 0) is 11.4 Å². The van der Waals surface area contributed by atoms with Crippen molar-refractivity contribution in [1.82, 2.24) is 9.97 Å². The van der Waals surface area contributed by atoms with E-state index in [-0.39, 0.29) is 6.01 Å². The fraction of sp³-hybridized carbons (Fsp3) is 0. The third kappa shape index (κ3) is 1.68. The molecule has 0 bridgehead atoms. The average molecular weight is 197 g/mol. The highest BCUT2D eigenvalue weighted by Crippen LogP contribution is 2.14. The van der Waals surface area contributed by atoms with Crippen molar-refractivity contribution in [3.63, 3.8) is 0 Å². The first-order valence-corrected chi connectivity index (χ1v) is 4.48. The molecule has 0 saturated carbocycles. The number of hydrogen-bond acceptors (Lipinski definition) is 4. The smallest absolute Gasteiger partial charge is 0.308 e. The van der Waals surface area contributed by atoms with Crippen LogP contribution in [0.4, 0.5) is 0 Å². The summed E-state index contributed by atoms with van der Waals surface area (Å²) in [6.07, 6.45) is 0. The second-order valence-corrected chi connectivity index (χ2v) is 2.92. The Morgan fingerprint density at radius 2 is 2.23 bits per heavy atom. The molecule has 0 radical (unpaired) electrons. The monoisotopic (exact) mass is 197 g/mol. The minimum Gasteiger partial charge on any atom is -0.740 e. The number of rotatable bonds is 2. The zero-order valence-corrected chi connectivity index (χ0v) is 7.21. The summed E-state index contributed by atoms with van der Waals surface area (Å²) < 4.78 is 24.7. The van der Waals surface area contributed by atoms with Crippen LogP contribution in [0.25, 0.3) is 11.0 Å². The van der Waals surface area contributed by atoms with Crippen LogP contribution in [0, 0.1) is 0 Å². The molecule has 0 aliphatic heterocycles. The predicted molar refractivity (Wildman–Crippen MR) is 45.6 cm³/mol. The molecular formula is C7H5N2O3S-. The molecular weight excluding hydrogens is 192 g/mol. The van der Waals surface area contributed by atoms with Crippen molar-refractivity contribution in [2.24, 2.45) is 0 Å². The molecule has 0 fully saturated rings. The van der Waals surface area contributed by atoms with Gasteiger partial charge in [-0.3, -0.25) is 0 Å². The number of nitrogens with one attached hydrogen (secondary N) is 1. The Kier molecular flexibility index (Phi) is 1.99. The molecule has 2 rings (SSSR count). The van der Waals surface area contributed by atoms with Crippen molar-refractivity contribution < 1.29 is 12.9 Å². The Labute approximate surface area is 76.2 Å². The Morgan fingerprint density at radius 1 is 1.46 bits per heavy atom. The Balaban J connectivity index is 2.44. The van der Waals surface area contributed by atoms with Crippen LogP contribution in [0.2, 0.25) is 0 Å². The van der Waals surface area contributed by atoms with Crippen LogP contribution in [0.15, 0.2) is 24.3 Å². The van der Waals surface area contributed by atoms with E-state index < -0.39 is 11.4 Å². The van der Waals surface area contributed by atoms with E-state index in [1.54, 1.807) is 18.2 Å². The summed E-state index contributed by atoms with van der Waals surface area (Å²) in [6, 6.07) is 7.14. The Morgan fingerprint density at radius 3 is 2.92 bits per heavy atom. The first kappa shape index (κ1) is 8.21. The summed E-state index contributed by atoms with van der Waals surface area (Å²) in [6.45, 7) is 0. The average Bonchev–Trinajstić information content (AvgIpc) is 2.44. The third-order valence-electron chi connectivity index (χ3n) is 1.51. The van der Waals surface area contributed by atoms with Crippen LogP contribution in [0.3, 0.4) is 0 Å². The van der Waals surface area contributed by atoms with E-state index in [9.17, 15) is 8.76 Å². The van der Waals surface area contributed by atoms with Gasteiger partial charge >= 0.3 is 6.01 Å². The minimum atomic E-state index is -2.59. The molecule has 2 aromatic rings. The van der Waals surface area contributed by atoms with Gasteiger partial charge in [-0.05, 0) is 12.1 Å². The predicted octanol–water partition coefficient (Wildman–Crippen LogP) is 0.736. The second kappa shape index (κ2) is 3.15. The molecule has 0 saturated heterocycles. The SMILES string of the molecule is O=S([O-])Oc1nc2ccccc2[nH]1. The van der Waals surface area contributed by atoms with Crippen molar-refractivity contribution >= 4 is 22.4 Å². The number of benzene rings is 1. The zero-order valence-electron chi connectivity index (χ0n) is 6.39. The van der Waals surface area contributed by atoms with Crippen LogP contribution >= 0.6 is 0 Å². The van der Waals surface area contributed by atoms with Crippen LogP contribution in [-0.4, -0.2) is 18.7 Å². The van der Waals surface area contributed by atoms with E-state index in [1.807, 2.05) is 6.07 Å². The highest BCUT2D eigenvalue weighted by molar-refractivity contribution is 7.74. The number of nitrogens with zero attached hydrogens (tertiary/aromatic N) is 1. The quantitative estimate of drug-likeness (QED) is 0.720. The third-order valence-corrected chi connectivity index (χ3v) is 1.81. The molecule has 1 N–H and O–H groups in total. The molecule has 1 aromatic heterocycles. The van der Waals surface area contributed by atoms with Crippen molar-refractivity contribution in [3.8, 4) is 6.01 Å². The van der Waals surface area contributed by atoms with Gasteiger partial charge in [0.1, 0.15) is 11.4 Å². The number of fused-ring (bicyclic) bond motifs is 1. The Hall–Kier alpha value is -1.40. The van der Waals surface area contributed by atoms with E-state index in [4.69, 9.17) is 0 Å². The lowest BCUT2D eigenvalue weighted by Gasteiger charge is -2.01. The fourth-order valence-corrected chi connectivity index (χ4v) is 1.24. The van der Waals surface area contributed by atoms with Crippen LogP contribution in [0.5, 0.6) is 6.01 Å². The lowest BCUT2D eigenvalue weighted by atomic mass is 10.3. The van der Waals surface area contributed by atoms with Gasteiger partial charge in [0.05, 0.1) is 11.0 Å². The summed E-state index contributed by atoms with van der Waals surface area (Å²) in [5, 5.41) is 0. The van der Waals surface area contributed by atoms with E-state index in [0.717, 1.165) is 5.52 Å².